The van der Waals surface area contributed by atoms with Gasteiger partial charge in [0, 0.05) is 11.3 Å². The lowest BCUT2D eigenvalue weighted by atomic mass is 10.0. The Hall–Kier alpha value is -2.67. The van der Waals surface area contributed by atoms with Crippen LogP contribution in [0.5, 0.6) is 5.75 Å². The van der Waals surface area contributed by atoms with Gasteiger partial charge in [-0.15, -0.1) is 11.3 Å². The van der Waals surface area contributed by atoms with Crippen LogP contribution < -0.4 is 4.74 Å². The van der Waals surface area contributed by atoms with Crippen molar-refractivity contribution < 1.29 is 14.6 Å². The molecule has 0 saturated heterocycles. The molecule has 0 radical (unpaired) electrons. The number of rotatable bonds is 5. The smallest absolute Gasteiger partial charge is 0.356 e. The van der Waals surface area contributed by atoms with Gasteiger partial charge in [-0.1, -0.05) is 6.08 Å². The van der Waals surface area contributed by atoms with Crippen molar-refractivity contribution in [2.24, 2.45) is 0 Å². The van der Waals surface area contributed by atoms with Gasteiger partial charge in [-0.25, -0.2) is 9.78 Å². The Balaban J connectivity index is 1.77. The van der Waals surface area contributed by atoms with Crippen molar-refractivity contribution >= 4 is 33.1 Å². The minimum atomic E-state index is -1.02. The van der Waals surface area contributed by atoms with E-state index in [0.717, 1.165) is 45.1 Å². The van der Waals surface area contributed by atoms with Crippen LogP contribution in [-0.4, -0.2) is 33.0 Å². The van der Waals surface area contributed by atoms with Crippen LogP contribution in [0.4, 0.5) is 0 Å². The molecule has 0 fully saturated rings. The first-order chi connectivity index (χ1) is 13.0. The van der Waals surface area contributed by atoms with Gasteiger partial charge in [0.2, 0.25) is 0 Å². The highest BCUT2D eigenvalue weighted by molar-refractivity contribution is 7.19. The number of carboxylic acids is 1. The third kappa shape index (κ3) is 3.47. The fourth-order valence-electron chi connectivity index (χ4n) is 3.41. The van der Waals surface area contributed by atoms with Crippen LogP contribution in [0.15, 0.2) is 24.3 Å². The van der Waals surface area contributed by atoms with Crippen LogP contribution in [-0.2, 0) is 6.54 Å². The summed E-state index contributed by atoms with van der Waals surface area (Å²) in [6.07, 6.45) is 6.95. The second kappa shape index (κ2) is 7.15. The lowest BCUT2D eigenvalue weighted by molar-refractivity contribution is 0.0689. The fraction of sp³-hybridized carbons (Fsp3) is 0.350. The fourth-order valence-corrected chi connectivity index (χ4v) is 4.53. The Morgan fingerprint density at radius 2 is 2.19 bits per heavy atom. The predicted molar refractivity (Wildman–Crippen MR) is 106 cm³/mol. The highest BCUT2D eigenvalue weighted by Crippen LogP contribution is 2.36. The molecule has 0 spiro atoms. The second-order valence-corrected chi connectivity index (χ2v) is 7.79. The monoisotopic (exact) mass is 383 g/mol. The Kier molecular flexibility index (Phi) is 4.70. The molecule has 6 nitrogen and oxygen atoms in total. The molecule has 1 aliphatic carbocycles. The van der Waals surface area contributed by atoms with Crippen LogP contribution in [0.3, 0.4) is 0 Å². The molecule has 27 heavy (non-hydrogen) atoms. The lowest BCUT2D eigenvalue weighted by Crippen LogP contribution is -2.06. The Morgan fingerprint density at radius 3 is 2.85 bits per heavy atom. The molecule has 4 rings (SSSR count). The summed E-state index contributed by atoms with van der Waals surface area (Å²) in [7, 11) is 1.65. The molecule has 1 N–H and O–H groups in total. The SMILES string of the molecule is COc1cc(Cn2nc(C(=O)O)cc2C)c2nc(C3=CCCCC3)sc2c1. The Labute approximate surface area is 161 Å². The first-order valence-electron chi connectivity index (χ1n) is 9.00. The van der Waals surface area contributed by atoms with E-state index in [2.05, 4.69) is 11.2 Å². The zero-order chi connectivity index (χ0) is 19.0. The van der Waals surface area contributed by atoms with Crippen LogP contribution >= 0.6 is 11.3 Å². The summed E-state index contributed by atoms with van der Waals surface area (Å²) in [4.78, 5) is 16.1. The highest BCUT2D eigenvalue weighted by Gasteiger charge is 2.17. The number of ether oxygens (including phenoxy) is 1. The number of aryl methyl sites for hydroxylation is 1. The summed E-state index contributed by atoms with van der Waals surface area (Å²) in [5, 5.41) is 14.5. The molecule has 2 aromatic heterocycles. The molecule has 1 aliphatic rings. The zero-order valence-corrected chi connectivity index (χ0v) is 16.2. The second-order valence-electron chi connectivity index (χ2n) is 6.76. The minimum Gasteiger partial charge on any atom is -0.497 e. The van der Waals surface area contributed by atoms with Gasteiger partial charge in [0.25, 0.3) is 0 Å². The van der Waals surface area contributed by atoms with E-state index in [-0.39, 0.29) is 5.69 Å². The molecule has 7 heteroatoms. The molecule has 0 aliphatic heterocycles. The number of carbonyl (C=O) groups is 1. The van der Waals surface area contributed by atoms with E-state index in [1.807, 2.05) is 19.1 Å². The average Bonchev–Trinajstić information content (AvgIpc) is 3.26. The standard InChI is InChI=1S/C20H21N3O3S/c1-12-8-16(20(24)25)22-23(12)11-14-9-15(26-2)10-17-18(14)21-19(27-17)13-6-4-3-5-7-13/h6,8-10H,3-5,7,11H2,1-2H3,(H,24,25). The van der Waals surface area contributed by atoms with Gasteiger partial charge in [0.1, 0.15) is 10.8 Å². The summed E-state index contributed by atoms with van der Waals surface area (Å²) in [5.74, 6) is -0.249. The molecule has 140 valence electrons. The van der Waals surface area contributed by atoms with E-state index in [1.165, 1.54) is 18.4 Å². The number of hydrogen-bond acceptors (Lipinski definition) is 5. The van der Waals surface area contributed by atoms with Crippen LogP contribution in [0.1, 0.15) is 52.4 Å². The molecular formula is C20H21N3O3S. The molecule has 2 heterocycles. The number of allylic oxidation sites excluding steroid dienone is 2. The molecule has 0 saturated carbocycles. The average molecular weight is 383 g/mol. The van der Waals surface area contributed by atoms with Gasteiger partial charge in [-0.3, -0.25) is 4.68 Å². The van der Waals surface area contributed by atoms with Crippen LogP contribution in [0.25, 0.3) is 15.8 Å². The van der Waals surface area contributed by atoms with Crippen molar-refractivity contribution in [1.82, 2.24) is 14.8 Å². The number of thiazole rings is 1. The van der Waals surface area contributed by atoms with Crippen molar-refractivity contribution in [2.75, 3.05) is 7.11 Å². The van der Waals surface area contributed by atoms with Crippen molar-refractivity contribution in [3.05, 3.63) is 46.2 Å². The molecule has 0 atom stereocenters. The van der Waals surface area contributed by atoms with Gasteiger partial charge in [-0.2, -0.15) is 5.10 Å². The van der Waals surface area contributed by atoms with Gasteiger partial charge in [-0.05, 0) is 56.4 Å². The molecule has 3 aromatic rings. The molecule has 0 bridgehead atoms. The lowest BCUT2D eigenvalue weighted by Gasteiger charge is -2.09. The summed E-state index contributed by atoms with van der Waals surface area (Å²) in [6.45, 7) is 2.31. The summed E-state index contributed by atoms with van der Waals surface area (Å²) in [5.41, 5.74) is 4.10. The number of aromatic carboxylic acids is 1. The molecular weight excluding hydrogens is 362 g/mol. The first kappa shape index (κ1) is 17.7. The predicted octanol–water partition coefficient (Wildman–Crippen LogP) is 4.51. The number of benzene rings is 1. The van der Waals surface area contributed by atoms with E-state index < -0.39 is 5.97 Å². The maximum atomic E-state index is 11.2. The topological polar surface area (TPSA) is 77.2 Å². The van der Waals surface area contributed by atoms with E-state index >= 15 is 0 Å². The van der Waals surface area contributed by atoms with Crippen molar-refractivity contribution in [3.63, 3.8) is 0 Å². The number of nitrogens with zero attached hydrogens (tertiary/aromatic N) is 3. The summed E-state index contributed by atoms with van der Waals surface area (Å²) < 4.78 is 8.25. The van der Waals surface area contributed by atoms with E-state index in [9.17, 15) is 9.90 Å². The summed E-state index contributed by atoms with van der Waals surface area (Å²) in [6, 6.07) is 5.56. The van der Waals surface area contributed by atoms with E-state index in [0.29, 0.717) is 6.54 Å². The molecule has 1 aromatic carbocycles. The maximum absolute atomic E-state index is 11.2. The van der Waals surface area contributed by atoms with Crippen LogP contribution in [0, 0.1) is 6.92 Å². The third-order valence-corrected chi connectivity index (χ3v) is 5.95. The van der Waals surface area contributed by atoms with E-state index in [1.54, 1.807) is 29.2 Å². The van der Waals surface area contributed by atoms with Gasteiger partial charge in [0.05, 0.1) is 23.9 Å². The largest absolute Gasteiger partial charge is 0.497 e. The zero-order valence-electron chi connectivity index (χ0n) is 15.4. The summed E-state index contributed by atoms with van der Waals surface area (Å²) >= 11 is 1.69. The third-order valence-electron chi connectivity index (χ3n) is 4.87. The number of fused-ring (bicyclic) bond motifs is 1. The minimum absolute atomic E-state index is 0.0537. The Morgan fingerprint density at radius 1 is 1.33 bits per heavy atom. The van der Waals surface area contributed by atoms with Gasteiger partial charge in [0.15, 0.2) is 5.69 Å². The number of aromatic nitrogens is 3. The number of hydrogen-bond donors (Lipinski definition) is 1. The van der Waals surface area contributed by atoms with Gasteiger partial charge >= 0.3 is 5.97 Å². The first-order valence-corrected chi connectivity index (χ1v) is 9.81. The Bertz CT molecular complexity index is 1050. The van der Waals surface area contributed by atoms with Crippen molar-refractivity contribution in [1.29, 1.82) is 0 Å². The van der Waals surface area contributed by atoms with Crippen molar-refractivity contribution in [2.45, 2.75) is 39.2 Å². The van der Waals surface area contributed by atoms with Gasteiger partial charge < -0.3 is 9.84 Å². The normalized spacial score (nSPS) is 14.4. The van der Waals surface area contributed by atoms with Crippen LogP contribution in [0.2, 0.25) is 0 Å². The maximum Gasteiger partial charge on any atom is 0.356 e. The molecule has 0 amide bonds. The molecule has 0 unspecified atom stereocenters. The van der Waals surface area contributed by atoms with E-state index in [4.69, 9.17) is 9.72 Å². The highest BCUT2D eigenvalue weighted by atomic mass is 32.1. The quantitative estimate of drug-likeness (QED) is 0.701. The number of methoxy groups -OCH3 is 1. The number of carboxylic acid groups (broad SMARTS) is 1. The van der Waals surface area contributed by atoms with Crippen molar-refractivity contribution in [3.8, 4) is 5.75 Å².